The maximum absolute atomic E-state index is 13.1. The highest BCUT2D eigenvalue weighted by molar-refractivity contribution is 7.89. The highest BCUT2D eigenvalue weighted by atomic mass is 32.2. The van der Waals surface area contributed by atoms with Gasteiger partial charge in [0.05, 0.1) is 41.4 Å². The zero-order valence-electron chi connectivity index (χ0n) is 23.1. The zero-order valence-corrected chi connectivity index (χ0v) is 23.9. The van der Waals surface area contributed by atoms with Gasteiger partial charge in [0.15, 0.2) is 0 Å². The highest BCUT2D eigenvalue weighted by Crippen LogP contribution is 2.36. The lowest BCUT2D eigenvalue weighted by molar-refractivity contribution is 0.104. The van der Waals surface area contributed by atoms with Crippen molar-refractivity contribution in [1.29, 1.82) is 5.26 Å². The Morgan fingerprint density at radius 2 is 2.00 bits per heavy atom. The molecule has 2 fully saturated rings. The number of aromatic nitrogens is 1. The first-order valence-corrected chi connectivity index (χ1v) is 15.3. The monoisotopic (exact) mass is 581 g/mol. The number of rotatable bonds is 7. The number of likely N-dealkylation sites (tertiary alicyclic amines) is 1. The average molecular weight is 582 g/mol. The highest BCUT2D eigenvalue weighted by Gasteiger charge is 2.38. The Labute approximate surface area is 239 Å². The van der Waals surface area contributed by atoms with Gasteiger partial charge in [-0.15, -0.1) is 0 Å². The molecule has 1 saturated carbocycles. The number of carbonyl (C=O) groups excluding carboxylic acids is 1. The van der Waals surface area contributed by atoms with Crippen molar-refractivity contribution in [1.82, 2.24) is 14.2 Å². The fourth-order valence-electron chi connectivity index (χ4n) is 6.13. The van der Waals surface area contributed by atoms with E-state index in [1.165, 1.54) is 13.3 Å². The Morgan fingerprint density at radius 3 is 2.68 bits per heavy atom. The van der Waals surface area contributed by atoms with E-state index in [0.717, 1.165) is 25.7 Å². The zero-order chi connectivity index (χ0) is 29.2. The van der Waals surface area contributed by atoms with Gasteiger partial charge in [-0.1, -0.05) is 12.8 Å². The number of nitrogens with zero attached hydrogens (tertiary/aromatic N) is 4. The number of methoxy groups -OCH3 is 1. The Morgan fingerprint density at radius 1 is 1.27 bits per heavy atom. The Balaban J connectivity index is 1.40. The number of benzene rings is 1. The molecule has 5 rings (SSSR count). The molecule has 2 aliphatic heterocycles. The van der Waals surface area contributed by atoms with Crippen LogP contribution < -0.4 is 16.6 Å². The van der Waals surface area contributed by atoms with Gasteiger partial charge in [-0.2, -0.15) is 9.57 Å². The molecule has 2 aromatic rings. The Kier molecular flexibility index (Phi) is 8.06. The fraction of sp³-hybridized carbons (Fsp3) is 0.500. The molecule has 13 heteroatoms. The number of H-pyrrole nitrogens is 1. The summed E-state index contributed by atoms with van der Waals surface area (Å²) in [5, 5.41) is 12.9. The molecule has 0 atom stereocenters. The maximum atomic E-state index is 13.1. The molecule has 1 aromatic heterocycles. The molecule has 1 aromatic carbocycles. The van der Waals surface area contributed by atoms with Crippen LogP contribution in [0.2, 0.25) is 0 Å². The summed E-state index contributed by atoms with van der Waals surface area (Å²) in [6.45, 7) is 1.59. The second-order valence-corrected chi connectivity index (χ2v) is 12.9. The number of amides is 1. The summed E-state index contributed by atoms with van der Waals surface area (Å²) < 4.78 is 32.6. The van der Waals surface area contributed by atoms with E-state index in [1.54, 1.807) is 33.5 Å². The summed E-state index contributed by atoms with van der Waals surface area (Å²) in [6.07, 6.45) is 6.54. The number of nitrogens with one attached hydrogen (secondary N) is 2. The van der Waals surface area contributed by atoms with Gasteiger partial charge in [0.1, 0.15) is 11.4 Å². The lowest BCUT2D eigenvalue weighted by atomic mass is 9.84. The third-order valence-corrected chi connectivity index (χ3v) is 10.3. The number of hydrogen-bond donors (Lipinski definition) is 3. The van der Waals surface area contributed by atoms with Gasteiger partial charge in [0.2, 0.25) is 10.0 Å². The summed E-state index contributed by atoms with van der Waals surface area (Å²) in [6, 6.07) is 8.73. The predicted octanol–water partition coefficient (Wildman–Crippen LogP) is 3.03. The van der Waals surface area contributed by atoms with Gasteiger partial charge in [0.25, 0.3) is 5.56 Å². The summed E-state index contributed by atoms with van der Waals surface area (Å²) in [4.78, 5) is 33.9. The van der Waals surface area contributed by atoms with Crippen LogP contribution in [-0.2, 0) is 21.3 Å². The molecule has 3 heterocycles. The molecule has 1 amide bonds. The number of piperidine rings is 1. The van der Waals surface area contributed by atoms with Crippen molar-refractivity contribution in [2.24, 2.45) is 16.6 Å². The number of carbonyl (C=O) groups is 1. The van der Waals surface area contributed by atoms with Crippen LogP contribution in [0.1, 0.15) is 56.1 Å². The number of nitriles is 1. The molecule has 41 heavy (non-hydrogen) atoms. The average Bonchev–Trinajstić information content (AvgIpc) is 3.54. The lowest BCUT2D eigenvalue weighted by Gasteiger charge is -2.41. The van der Waals surface area contributed by atoms with Gasteiger partial charge >= 0.3 is 6.09 Å². The van der Waals surface area contributed by atoms with Gasteiger partial charge < -0.3 is 25.7 Å². The largest absolute Gasteiger partial charge is 0.453 e. The number of hydrogen-bond acceptors (Lipinski definition) is 8. The van der Waals surface area contributed by atoms with E-state index >= 15 is 0 Å². The van der Waals surface area contributed by atoms with Crippen molar-refractivity contribution in [2.45, 2.75) is 61.9 Å². The van der Waals surface area contributed by atoms with Gasteiger partial charge in [0, 0.05) is 32.4 Å². The fourth-order valence-corrected chi connectivity index (χ4v) is 7.82. The second kappa shape index (κ2) is 11.5. The first kappa shape index (κ1) is 28.6. The minimum Gasteiger partial charge on any atom is -0.453 e. The van der Waals surface area contributed by atoms with E-state index in [-0.39, 0.29) is 29.3 Å². The van der Waals surface area contributed by atoms with Crippen LogP contribution >= 0.6 is 0 Å². The number of ether oxygens (including phenoxy) is 1. The number of anilines is 1. The van der Waals surface area contributed by atoms with Crippen LogP contribution in [0, 0.1) is 17.2 Å². The van der Waals surface area contributed by atoms with Crippen LogP contribution in [0.5, 0.6) is 0 Å². The van der Waals surface area contributed by atoms with Gasteiger partial charge in [-0.3, -0.25) is 4.79 Å². The number of aliphatic imine (C=N–C) groups is 1. The quantitative estimate of drug-likeness (QED) is 0.330. The number of sulfonamides is 1. The van der Waals surface area contributed by atoms with Crippen molar-refractivity contribution in [3.05, 3.63) is 51.9 Å². The molecular weight excluding hydrogens is 546 g/mol. The van der Waals surface area contributed by atoms with Crippen molar-refractivity contribution >= 4 is 33.3 Å². The van der Waals surface area contributed by atoms with Gasteiger partial charge in [-0.25, -0.2) is 18.2 Å². The molecule has 0 spiro atoms. The minimum absolute atomic E-state index is 0.0444. The second-order valence-electron chi connectivity index (χ2n) is 11.0. The molecule has 4 N–H and O–H groups in total. The van der Waals surface area contributed by atoms with Crippen LogP contribution in [0.15, 0.2) is 45.1 Å². The predicted molar refractivity (Wildman–Crippen MR) is 153 cm³/mol. The van der Waals surface area contributed by atoms with Crippen molar-refractivity contribution in [3.8, 4) is 6.07 Å². The molecule has 0 unspecified atom stereocenters. The number of pyridine rings is 1. The molecule has 1 aliphatic carbocycles. The maximum Gasteiger partial charge on any atom is 0.409 e. The molecule has 218 valence electrons. The van der Waals surface area contributed by atoms with E-state index in [9.17, 15) is 23.3 Å². The van der Waals surface area contributed by atoms with E-state index in [4.69, 9.17) is 10.5 Å². The number of amidine groups is 1. The lowest BCUT2D eigenvalue weighted by Crippen LogP contribution is -2.51. The van der Waals surface area contributed by atoms with Gasteiger partial charge in [-0.05, 0) is 61.4 Å². The summed E-state index contributed by atoms with van der Waals surface area (Å²) in [5.74, 6) is 0.344. The smallest absolute Gasteiger partial charge is 0.409 e. The first-order valence-electron chi connectivity index (χ1n) is 13.8. The van der Waals surface area contributed by atoms with E-state index in [0.29, 0.717) is 55.3 Å². The molecule has 3 aliphatic rings. The van der Waals surface area contributed by atoms with Crippen molar-refractivity contribution in [2.75, 3.05) is 32.1 Å². The summed E-state index contributed by atoms with van der Waals surface area (Å²) >= 11 is 0. The van der Waals surface area contributed by atoms with E-state index in [2.05, 4.69) is 21.4 Å². The molecule has 0 bridgehead atoms. The molecular formula is C28H35N7O5S. The van der Waals surface area contributed by atoms with Crippen LogP contribution in [0.4, 0.5) is 16.2 Å². The standard InChI is InChI=1S/C28H35N7O5S/c1-40-27(37)34-14-10-28(9-12-29,11-15-34)33-22-8-13-31-26(36)24(22)25(30)32-21-6-7-23-20(16-21)18-35(41(23,38)39)17-19-4-2-3-5-19/h6-8,13,16,19H,2-5,9-11,14-15,17-18H2,1H3,(H2,30,32)(H2,31,33,36). The number of nitrogens with two attached hydrogens (primary N) is 1. The van der Waals surface area contributed by atoms with E-state index in [1.807, 2.05) is 0 Å². The number of fused-ring (bicyclic) bond motifs is 1. The van der Waals surface area contributed by atoms with Crippen LogP contribution in [0.25, 0.3) is 0 Å². The van der Waals surface area contributed by atoms with Crippen molar-refractivity contribution in [3.63, 3.8) is 0 Å². The minimum atomic E-state index is -3.55. The third kappa shape index (κ3) is 5.80. The molecule has 12 nitrogen and oxygen atoms in total. The Hall–Kier alpha value is -3.89. The SMILES string of the molecule is COC(=O)N1CCC(CC#N)(Nc2cc[nH]c(=O)c2C(N)=Nc2ccc3c(c2)CN(CC2CCCC2)S3(=O)=O)CC1. The van der Waals surface area contributed by atoms with Crippen LogP contribution in [-0.4, -0.2) is 66.8 Å². The van der Waals surface area contributed by atoms with Crippen molar-refractivity contribution < 1.29 is 17.9 Å². The topological polar surface area (TPSA) is 174 Å². The van der Waals surface area contributed by atoms with Crippen LogP contribution in [0.3, 0.4) is 0 Å². The third-order valence-electron chi connectivity index (χ3n) is 8.38. The first-order chi connectivity index (χ1) is 19.7. The number of aromatic amines is 1. The normalized spacial score (nSPS) is 20.4. The van der Waals surface area contributed by atoms with E-state index < -0.39 is 27.2 Å². The summed E-state index contributed by atoms with van der Waals surface area (Å²) in [7, 11) is -2.23. The summed E-state index contributed by atoms with van der Waals surface area (Å²) in [5.41, 5.74) is 6.88. The Bertz CT molecular complexity index is 1550. The molecule has 0 radical (unpaired) electrons. The molecule has 1 saturated heterocycles.